The average molecular weight is 287 g/mol. The van der Waals surface area contributed by atoms with E-state index in [1.54, 1.807) is 6.07 Å². The molecule has 19 heavy (non-hydrogen) atoms. The van der Waals surface area contributed by atoms with E-state index in [1.165, 1.54) is 12.8 Å². The number of aryl methyl sites for hydroxylation is 1. The summed E-state index contributed by atoms with van der Waals surface area (Å²) >= 11 is 0. The second-order valence-corrected chi connectivity index (χ2v) is 5.59. The number of nitrogens with two attached hydrogens (primary N) is 1. The fourth-order valence-corrected chi connectivity index (χ4v) is 2.73. The second-order valence-electron chi connectivity index (χ2n) is 5.59. The highest BCUT2D eigenvalue weighted by molar-refractivity contribution is 5.85. The Bertz CT molecular complexity index is 409. The summed E-state index contributed by atoms with van der Waals surface area (Å²) in [6.07, 6.45) is 2.37. The van der Waals surface area contributed by atoms with Crippen LogP contribution in [0.4, 0.5) is 4.39 Å². The van der Waals surface area contributed by atoms with Gasteiger partial charge in [0.2, 0.25) is 0 Å². The molecule has 1 aliphatic rings. The van der Waals surface area contributed by atoms with Gasteiger partial charge >= 0.3 is 0 Å². The lowest BCUT2D eigenvalue weighted by Gasteiger charge is -2.34. The maximum Gasteiger partial charge on any atom is 0.127 e. The molecule has 0 radical (unpaired) electrons. The molecule has 1 fully saturated rings. The van der Waals surface area contributed by atoms with Crippen molar-refractivity contribution in [3.63, 3.8) is 0 Å². The van der Waals surface area contributed by atoms with E-state index in [9.17, 15) is 4.39 Å². The van der Waals surface area contributed by atoms with Crippen LogP contribution < -0.4 is 5.73 Å². The Hall–Kier alpha value is -0.640. The Morgan fingerprint density at radius 1 is 1.47 bits per heavy atom. The van der Waals surface area contributed by atoms with Crippen LogP contribution in [0.2, 0.25) is 0 Å². The normalized spacial score (nSPS) is 21.8. The van der Waals surface area contributed by atoms with Crippen molar-refractivity contribution >= 4 is 12.4 Å². The van der Waals surface area contributed by atoms with E-state index in [0.29, 0.717) is 12.5 Å². The summed E-state index contributed by atoms with van der Waals surface area (Å²) in [5.74, 6) is 0.454. The van der Waals surface area contributed by atoms with Gasteiger partial charge in [0.1, 0.15) is 5.82 Å². The van der Waals surface area contributed by atoms with Gasteiger partial charge in [0.05, 0.1) is 0 Å². The summed E-state index contributed by atoms with van der Waals surface area (Å²) in [4.78, 5) is 2.33. The topological polar surface area (TPSA) is 29.3 Å². The van der Waals surface area contributed by atoms with E-state index in [2.05, 4.69) is 11.8 Å². The lowest BCUT2D eigenvalue weighted by atomic mass is 9.92. The predicted molar refractivity (Wildman–Crippen MR) is 80.0 cm³/mol. The van der Waals surface area contributed by atoms with Gasteiger partial charge in [-0.1, -0.05) is 17.7 Å². The Morgan fingerprint density at radius 3 is 2.89 bits per heavy atom. The molecule has 2 atom stereocenters. The van der Waals surface area contributed by atoms with Crippen LogP contribution in [0, 0.1) is 18.7 Å². The smallest absolute Gasteiger partial charge is 0.127 e. The minimum atomic E-state index is -0.0940. The number of benzene rings is 1. The Kier molecular flexibility index (Phi) is 6.24. The van der Waals surface area contributed by atoms with Crippen molar-refractivity contribution in [3.8, 4) is 0 Å². The van der Waals surface area contributed by atoms with Crippen molar-refractivity contribution in [2.24, 2.45) is 11.7 Å². The van der Waals surface area contributed by atoms with Crippen molar-refractivity contribution in [1.82, 2.24) is 4.90 Å². The fourth-order valence-electron chi connectivity index (χ4n) is 2.73. The molecule has 2 unspecified atom stereocenters. The van der Waals surface area contributed by atoms with E-state index < -0.39 is 0 Å². The van der Waals surface area contributed by atoms with Gasteiger partial charge in [-0.05, 0) is 45.2 Å². The zero-order valence-electron chi connectivity index (χ0n) is 11.7. The SMILES string of the molecule is Cc1ccc(F)c(CN2CCCC(C(C)N)C2)c1.Cl. The van der Waals surface area contributed by atoms with Crippen LogP contribution in [-0.2, 0) is 6.54 Å². The molecule has 1 heterocycles. The van der Waals surface area contributed by atoms with Gasteiger partial charge in [0.15, 0.2) is 0 Å². The first-order valence-electron chi connectivity index (χ1n) is 6.79. The standard InChI is InChI=1S/C15H23FN2.ClH/c1-11-5-6-15(16)14(8-11)10-18-7-3-4-13(9-18)12(2)17;/h5-6,8,12-13H,3-4,7,9-10,17H2,1-2H3;1H. The molecule has 1 aromatic carbocycles. The maximum atomic E-state index is 13.7. The summed E-state index contributed by atoms with van der Waals surface area (Å²) < 4.78 is 13.7. The van der Waals surface area contributed by atoms with Crippen LogP contribution in [0.15, 0.2) is 18.2 Å². The zero-order valence-corrected chi connectivity index (χ0v) is 12.5. The molecule has 1 aliphatic heterocycles. The Balaban J connectivity index is 0.00000180. The molecule has 108 valence electrons. The van der Waals surface area contributed by atoms with Crippen LogP contribution in [0.25, 0.3) is 0 Å². The number of halogens is 2. The molecule has 0 aliphatic carbocycles. The van der Waals surface area contributed by atoms with Crippen LogP contribution in [-0.4, -0.2) is 24.0 Å². The third-order valence-corrected chi connectivity index (χ3v) is 3.88. The second kappa shape index (κ2) is 7.22. The fraction of sp³-hybridized carbons (Fsp3) is 0.600. The summed E-state index contributed by atoms with van der Waals surface area (Å²) in [6.45, 7) is 6.82. The van der Waals surface area contributed by atoms with Crippen LogP contribution in [0.3, 0.4) is 0 Å². The summed E-state index contributed by atoms with van der Waals surface area (Å²) in [7, 11) is 0. The molecule has 2 N–H and O–H groups in total. The van der Waals surface area contributed by atoms with Crippen molar-refractivity contribution in [1.29, 1.82) is 0 Å². The number of likely N-dealkylation sites (tertiary alicyclic amines) is 1. The molecule has 0 spiro atoms. The molecule has 0 bridgehead atoms. The van der Waals surface area contributed by atoms with E-state index in [1.807, 2.05) is 19.1 Å². The minimum Gasteiger partial charge on any atom is -0.328 e. The van der Waals surface area contributed by atoms with E-state index in [4.69, 9.17) is 5.73 Å². The highest BCUT2D eigenvalue weighted by atomic mass is 35.5. The Morgan fingerprint density at radius 2 is 2.21 bits per heavy atom. The third kappa shape index (κ3) is 4.44. The summed E-state index contributed by atoms with van der Waals surface area (Å²) in [5, 5.41) is 0. The average Bonchev–Trinajstić information content (AvgIpc) is 2.34. The molecular formula is C15H24ClFN2. The number of rotatable bonds is 3. The van der Waals surface area contributed by atoms with E-state index in [-0.39, 0.29) is 24.3 Å². The monoisotopic (exact) mass is 286 g/mol. The molecular weight excluding hydrogens is 263 g/mol. The van der Waals surface area contributed by atoms with Gasteiger partial charge in [-0.25, -0.2) is 4.39 Å². The van der Waals surface area contributed by atoms with Crippen molar-refractivity contribution in [3.05, 3.63) is 35.1 Å². The number of hydrogen-bond donors (Lipinski definition) is 1. The number of piperidine rings is 1. The number of hydrogen-bond acceptors (Lipinski definition) is 2. The quantitative estimate of drug-likeness (QED) is 0.925. The van der Waals surface area contributed by atoms with Crippen molar-refractivity contribution in [2.75, 3.05) is 13.1 Å². The molecule has 0 aromatic heterocycles. The lowest BCUT2D eigenvalue weighted by molar-refractivity contribution is 0.153. The number of nitrogens with zero attached hydrogens (tertiary/aromatic N) is 1. The minimum absolute atomic E-state index is 0. The lowest BCUT2D eigenvalue weighted by Crippen LogP contribution is -2.42. The van der Waals surface area contributed by atoms with Crippen LogP contribution >= 0.6 is 12.4 Å². The van der Waals surface area contributed by atoms with Gasteiger partial charge in [0.25, 0.3) is 0 Å². The highest BCUT2D eigenvalue weighted by Gasteiger charge is 2.23. The van der Waals surface area contributed by atoms with E-state index in [0.717, 1.165) is 24.2 Å². The largest absolute Gasteiger partial charge is 0.328 e. The third-order valence-electron chi connectivity index (χ3n) is 3.88. The van der Waals surface area contributed by atoms with Crippen molar-refractivity contribution < 1.29 is 4.39 Å². The highest BCUT2D eigenvalue weighted by Crippen LogP contribution is 2.21. The maximum absolute atomic E-state index is 13.7. The first-order valence-corrected chi connectivity index (χ1v) is 6.79. The van der Waals surface area contributed by atoms with Crippen molar-refractivity contribution in [2.45, 2.75) is 39.3 Å². The summed E-state index contributed by atoms with van der Waals surface area (Å²) in [5.41, 5.74) is 7.90. The first-order chi connectivity index (χ1) is 8.56. The van der Waals surface area contributed by atoms with Gasteiger partial charge < -0.3 is 5.73 Å². The molecule has 2 nitrogen and oxygen atoms in total. The molecule has 0 saturated carbocycles. The molecule has 1 aromatic rings. The van der Waals surface area contributed by atoms with Gasteiger partial charge in [-0.15, -0.1) is 12.4 Å². The molecule has 4 heteroatoms. The van der Waals surface area contributed by atoms with Crippen LogP contribution in [0.1, 0.15) is 30.9 Å². The first kappa shape index (κ1) is 16.4. The van der Waals surface area contributed by atoms with Gasteiger partial charge in [0, 0.05) is 24.7 Å². The van der Waals surface area contributed by atoms with E-state index >= 15 is 0 Å². The van der Waals surface area contributed by atoms with Gasteiger partial charge in [-0.2, -0.15) is 0 Å². The predicted octanol–water partition coefficient (Wildman–Crippen LogP) is 3.12. The van der Waals surface area contributed by atoms with Crippen LogP contribution in [0.5, 0.6) is 0 Å². The zero-order chi connectivity index (χ0) is 13.1. The Labute approximate surface area is 121 Å². The molecule has 2 rings (SSSR count). The molecule has 0 amide bonds. The molecule has 1 saturated heterocycles. The summed E-state index contributed by atoms with van der Waals surface area (Å²) in [6, 6.07) is 5.57. The van der Waals surface area contributed by atoms with Gasteiger partial charge in [-0.3, -0.25) is 4.90 Å².